The number of hydrogen-bond acceptors (Lipinski definition) is 6. The highest BCUT2D eigenvalue weighted by atomic mass is 35.5. The third kappa shape index (κ3) is 4.56. The summed E-state index contributed by atoms with van der Waals surface area (Å²) in [5, 5.41) is 13.4. The molecule has 1 heterocycles. The highest BCUT2D eigenvalue weighted by Crippen LogP contribution is 2.34. The van der Waals surface area contributed by atoms with Crippen LogP contribution in [0.3, 0.4) is 0 Å². The van der Waals surface area contributed by atoms with Gasteiger partial charge in [-0.1, -0.05) is 23.7 Å². The van der Waals surface area contributed by atoms with E-state index in [-0.39, 0.29) is 22.5 Å². The minimum atomic E-state index is -4.48. The zero-order valence-electron chi connectivity index (χ0n) is 13.9. The Morgan fingerprint density at radius 3 is 2.56 bits per heavy atom. The fraction of sp³-hybridized carbons (Fsp3) is 0.118. The first-order chi connectivity index (χ1) is 12.9. The van der Waals surface area contributed by atoms with E-state index in [9.17, 15) is 13.2 Å². The van der Waals surface area contributed by atoms with E-state index >= 15 is 0 Å². The van der Waals surface area contributed by atoms with Gasteiger partial charge in [-0.05, 0) is 30.3 Å². The van der Waals surface area contributed by atoms with Gasteiger partial charge in [0.1, 0.15) is 5.75 Å². The normalized spacial score (nSPS) is 11.1. The minimum Gasteiger partial charge on any atom is -0.495 e. The van der Waals surface area contributed by atoms with E-state index in [4.69, 9.17) is 16.3 Å². The van der Waals surface area contributed by atoms with Gasteiger partial charge in [-0.2, -0.15) is 23.3 Å². The van der Waals surface area contributed by atoms with Crippen LogP contribution in [0.1, 0.15) is 5.56 Å². The van der Waals surface area contributed by atoms with Crippen LogP contribution in [-0.2, 0) is 6.18 Å². The Balaban J connectivity index is 1.84. The molecular weight excluding hydrogens is 383 g/mol. The van der Waals surface area contributed by atoms with Crippen molar-refractivity contribution < 1.29 is 17.9 Å². The first kappa shape index (κ1) is 18.7. The van der Waals surface area contributed by atoms with Crippen molar-refractivity contribution in [3.8, 4) is 5.75 Å². The second-order valence-corrected chi connectivity index (χ2v) is 5.72. The summed E-state index contributed by atoms with van der Waals surface area (Å²) in [6.07, 6.45) is -3.22. The van der Waals surface area contributed by atoms with Gasteiger partial charge in [-0.15, -0.1) is 5.10 Å². The second-order valence-electron chi connectivity index (χ2n) is 5.31. The van der Waals surface area contributed by atoms with Gasteiger partial charge in [0.05, 0.1) is 35.3 Å². The number of nitrogens with one attached hydrogen (secondary N) is 2. The predicted molar refractivity (Wildman–Crippen MR) is 95.8 cm³/mol. The van der Waals surface area contributed by atoms with Gasteiger partial charge in [-0.3, -0.25) is 0 Å². The van der Waals surface area contributed by atoms with Crippen molar-refractivity contribution in [1.29, 1.82) is 0 Å². The van der Waals surface area contributed by atoms with Crippen LogP contribution in [0.15, 0.2) is 48.7 Å². The van der Waals surface area contributed by atoms with Crippen LogP contribution in [-0.4, -0.2) is 22.3 Å². The molecule has 0 fully saturated rings. The quantitative estimate of drug-likeness (QED) is 0.630. The predicted octanol–water partition coefficient (Wildman–Crippen LogP) is 5.04. The molecule has 0 aliphatic heterocycles. The zero-order valence-corrected chi connectivity index (χ0v) is 14.6. The lowest BCUT2D eigenvalue weighted by atomic mass is 10.2. The summed E-state index contributed by atoms with van der Waals surface area (Å²) in [6.45, 7) is 0. The maximum atomic E-state index is 12.9. The van der Waals surface area contributed by atoms with Crippen molar-refractivity contribution in [2.24, 2.45) is 0 Å². The summed E-state index contributed by atoms with van der Waals surface area (Å²) >= 11 is 5.98. The van der Waals surface area contributed by atoms with E-state index in [0.717, 1.165) is 18.2 Å². The smallest absolute Gasteiger partial charge is 0.416 e. The third-order valence-electron chi connectivity index (χ3n) is 3.47. The lowest BCUT2D eigenvalue weighted by Gasteiger charge is -2.13. The highest BCUT2D eigenvalue weighted by Gasteiger charge is 2.31. The molecule has 0 amide bonds. The SMILES string of the molecule is COc1ccccc1Nc1nncc(Nc2cc(C(F)(F)F)ccc2Cl)n1. The molecule has 6 nitrogen and oxygen atoms in total. The van der Waals surface area contributed by atoms with Crippen LogP contribution < -0.4 is 15.4 Å². The summed E-state index contributed by atoms with van der Waals surface area (Å²) in [4.78, 5) is 4.18. The van der Waals surface area contributed by atoms with Crippen LogP contribution >= 0.6 is 11.6 Å². The summed E-state index contributed by atoms with van der Waals surface area (Å²) < 4.78 is 43.9. The molecule has 2 aromatic carbocycles. The molecule has 2 N–H and O–H groups in total. The van der Waals surface area contributed by atoms with Gasteiger partial charge in [0.2, 0.25) is 5.95 Å². The lowest BCUT2D eigenvalue weighted by Crippen LogP contribution is -2.07. The highest BCUT2D eigenvalue weighted by molar-refractivity contribution is 6.33. The third-order valence-corrected chi connectivity index (χ3v) is 3.80. The van der Waals surface area contributed by atoms with Gasteiger partial charge >= 0.3 is 6.18 Å². The van der Waals surface area contributed by atoms with Crippen LogP contribution in [0.25, 0.3) is 0 Å². The molecule has 3 aromatic rings. The summed E-state index contributed by atoms with van der Waals surface area (Å²) in [5.74, 6) is 0.872. The van der Waals surface area contributed by atoms with Crippen molar-refractivity contribution >= 4 is 34.7 Å². The summed E-state index contributed by atoms with van der Waals surface area (Å²) in [6, 6.07) is 10.1. The van der Waals surface area contributed by atoms with E-state index in [2.05, 4.69) is 25.8 Å². The van der Waals surface area contributed by atoms with E-state index in [1.54, 1.807) is 24.3 Å². The topological polar surface area (TPSA) is 72.0 Å². The fourth-order valence-electron chi connectivity index (χ4n) is 2.22. The number of ether oxygens (including phenoxy) is 1. The van der Waals surface area contributed by atoms with E-state index < -0.39 is 11.7 Å². The van der Waals surface area contributed by atoms with Crippen molar-refractivity contribution in [3.63, 3.8) is 0 Å². The fourth-order valence-corrected chi connectivity index (χ4v) is 2.39. The number of halogens is 4. The maximum absolute atomic E-state index is 12.9. The minimum absolute atomic E-state index is 0.0511. The number of nitrogens with zero attached hydrogens (tertiary/aromatic N) is 3. The van der Waals surface area contributed by atoms with Gasteiger partial charge in [0, 0.05) is 0 Å². The number of hydrogen-bond donors (Lipinski definition) is 2. The summed E-state index contributed by atoms with van der Waals surface area (Å²) in [7, 11) is 1.52. The van der Waals surface area contributed by atoms with Gasteiger partial charge in [0.25, 0.3) is 0 Å². The Hall–Kier alpha value is -3.07. The molecular formula is C17H13ClF3N5O. The lowest BCUT2D eigenvalue weighted by molar-refractivity contribution is -0.137. The molecule has 0 atom stereocenters. The number of benzene rings is 2. The number of alkyl halides is 3. The molecule has 0 saturated heterocycles. The van der Waals surface area contributed by atoms with E-state index in [0.29, 0.717) is 11.4 Å². The number of anilines is 4. The average Bonchev–Trinajstić information content (AvgIpc) is 2.63. The van der Waals surface area contributed by atoms with Crippen molar-refractivity contribution in [3.05, 3.63) is 59.2 Å². The maximum Gasteiger partial charge on any atom is 0.416 e. The van der Waals surface area contributed by atoms with E-state index in [1.165, 1.54) is 13.3 Å². The Kier molecular flexibility index (Phi) is 5.31. The molecule has 140 valence electrons. The number of rotatable bonds is 5. The number of aromatic nitrogens is 3. The van der Waals surface area contributed by atoms with Crippen LogP contribution in [0.5, 0.6) is 5.75 Å². The van der Waals surface area contributed by atoms with Crippen LogP contribution in [0.4, 0.5) is 36.3 Å². The molecule has 0 aliphatic rings. The average molecular weight is 396 g/mol. The molecule has 3 rings (SSSR count). The molecule has 0 aliphatic carbocycles. The Labute approximate surface area is 157 Å². The van der Waals surface area contributed by atoms with Gasteiger partial charge in [0.15, 0.2) is 5.82 Å². The van der Waals surface area contributed by atoms with Crippen molar-refractivity contribution in [2.45, 2.75) is 6.18 Å². The molecule has 0 unspecified atom stereocenters. The Morgan fingerprint density at radius 1 is 1.04 bits per heavy atom. The number of methoxy groups -OCH3 is 1. The Morgan fingerprint density at radius 2 is 1.81 bits per heavy atom. The molecule has 0 radical (unpaired) electrons. The molecule has 0 saturated carbocycles. The molecule has 0 bridgehead atoms. The monoisotopic (exact) mass is 395 g/mol. The first-order valence-corrected chi connectivity index (χ1v) is 7.98. The molecule has 0 spiro atoms. The summed E-state index contributed by atoms with van der Waals surface area (Å²) in [5.41, 5.74) is -0.171. The second kappa shape index (κ2) is 7.67. The van der Waals surface area contributed by atoms with Gasteiger partial charge < -0.3 is 15.4 Å². The number of para-hydroxylation sites is 2. The molecule has 1 aromatic heterocycles. The Bertz CT molecular complexity index is 952. The van der Waals surface area contributed by atoms with E-state index in [1.807, 2.05) is 0 Å². The van der Waals surface area contributed by atoms with Gasteiger partial charge in [-0.25, -0.2) is 0 Å². The van der Waals surface area contributed by atoms with Crippen molar-refractivity contribution in [1.82, 2.24) is 15.2 Å². The van der Waals surface area contributed by atoms with Crippen LogP contribution in [0, 0.1) is 0 Å². The zero-order chi connectivity index (χ0) is 19.4. The first-order valence-electron chi connectivity index (χ1n) is 7.60. The standard InChI is InChI=1S/C17H13ClF3N5O/c1-27-14-5-3-2-4-12(14)24-16-25-15(9-22-26-16)23-13-8-10(17(19,20)21)6-7-11(13)18/h2-9H,1H3,(H2,23,24,25,26). The van der Waals surface area contributed by atoms with Crippen LogP contribution in [0.2, 0.25) is 5.02 Å². The molecule has 27 heavy (non-hydrogen) atoms. The molecule has 10 heteroatoms. The van der Waals surface area contributed by atoms with Crippen molar-refractivity contribution in [2.75, 3.05) is 17.7 Å². The largest absolute Gasteiger partial charge is 0.495 e.